The number of fused-ring (bicyclic) bond motifs is 1. The van der Waals surface area contributed by atoms with Gasteiger partial charge in [0, 0.05) is 11.6 Å². The van der Waals surface area contributed by atoms with Crippen LogP contribution in [0.5, 0.6) is 0 Å². The monoisotopic (exact) mass is 409 g/mol. The molecule has 158 valence electrons. The quantitative estimate of drug-likeness (QED) is 0.762. The van der Waals surface area contributed by atoms with Crippen molar-refractivity contribution in [3.05, 3.63) is 59.0 Å². The highest BCUT2D eigenvalue weighted by atomic mass is 16.3. The lowest BCUT2D eigenvalue weighted by Crippen LogP contribution is -2.53. The number of nitrogens with one attached hydrogen (secondary N) is 2. The van der Waals surface area contributed by atoms with Gasteiger partial charge >= 0.3 is 0 Å². The molecule has 3 unspecified atom stereocenters. The smallest absolute Gasteiger partial charge is 0.273 e. The van der Waals surface area contributed by atoms with E-state index in [-0.39, 0.29) is 17.9 Å². The van der Waals surface area contributed by atoms with Crippen LogP contribution in [0.3, 0.4) is 0 Å². The van der Waals surface area contributed by atoms with Crippen LogP contribution >= 0.6 is 0 Å². The van der Waals surface area contributed by atoms with Gasteiger partial charge in [-0.05, 0) is 57.2 Å². The standard InChI is InChI=1S/C23H27N3O4/c1-14-12-18(15(2)30-14)21(27)24-25-22(28)20-13-17-10-6-7-11-19(17)26(20)23(29)16-8-4-3-5-9-16/h3-5,8-9,12,17,19-20H,6-7,10-11,13H2,1-2H3,(H,24,27)(H,25,28). The summed E-state index contributed by atoms with van der Waals surface area (Å²) in [5.41, 5.74) is 5.96. The van der Waals surface area contributed by atoms with E-state index in [9.17, 15) is 14.4 Å². The number of rotatable bonds is 3. The second kappa shape index (κ2) is 8.34. The third-order valence-corrected chi connectivity index (χ3v) is 6.23. The second-order valence-electron chi connectivity index (χ2n) is 8.21. The minimum atomic E-state index is -0.599. The molecule has 2 aromatic rings. The highest BCUT2D eigenvalue weighted by Gasteiger charge is 2.47. The molecule has 1 saturated carbocycles. The van der Waals surface area contributed by atoms with Crippen LogP contribution in [0.25, 0.3) is 0 Å². The van der Waals surface area contributed by atoms with Crippen LogP contribution in [0.15, 0.2) is 40.8 Å². The average molecular weight is 409 g/mol. The lowest BCUT2D eigenvalue weighted by atomic mass is 9.84. The summed E-state index contributed by atoms with van der Waals surface area (Å²) in [6.45, 7) is 3.46. The van der Waals surface area contributed by atoms with Crippen LogP contribution in [0.2, 0.25) is 0 Å². The number of nitrogens with zero attached hydrogens (tertiary/aromatic N) is 1. The van der Waals surface area contributed by atoms with Crippen molar-refractivity contribution in [2.24, 2.45) is 5.92 Å². The summed E-state index contributed by atoms with van der Waals surface area (Å²) in [6.07, 6.45) is 4.73. The molecule has 0 radical (unpaired) electrons. The summed E-state index contributed by atoms with van der Waals surface area (Å²) in [5, 5.41) is 0. The number of amides is 3. The molecule has 3 amide bonds. The maximum Gasteiger partial charge on any atom is 0.273 e. The largest absolute Gasteiger partial charge is 0.466 e. The van der Waals surface area contributed by atoms with E-state index in [0.29, 0.717) is 35.0 Å². The van der Waals surface area contributed by atoms with Gasteiger partial charge in [0.25, 0.3) is 17.7 Å². The van der Waals surface area contributed by atoms with Crippen molar-refractivity contribution in [1.29, 1.82) is 0 Å². The molecule has 1 aromatic carbocycles. The predicted octanol–water partition coefficient (Wildman–Crippen LogP) is 3.13. The molecule has 2 heterocycles. The van der Waals surface area contributed by atoms with E-state index in [0.717, 1.165) is 25.7 Å². The Morgan fingerprint density at radius 2 is 1.77 bits per heavy atom. The highest BCUT2D eigenvalue weighted by molar-refractivity contribution is 6.00. The number of carbonyl (C=O) groups excluding carboxylic acids is 3. The normalized spacial score (nSPS) is 23.0. The zero-order valence-electron chi connectivity index (χ0n) is 17.3. The molecule has 3 atom stereocenters. The third-order valence-electron chi connectivity index (χ3n) is 6.23. The Balaban J connectivity index is 1.50. The van der Waals surface area contributed by atoms with Crippen molar-refractivity contribution in [1.82, 2.24) is 15.8 Å². The number of hydrogen-bond donors (Lipinski definition) is 2. The van der Waals surface area contributed by atoms with Crippen LogP contribution in [0, 0.1) is 19.8 Å². The average Bonchev–Trinajstić information content (AvgIpc) is 3.31. The van der Waals surface area contributed by atoms with Gasteiger partial charge < -0.3 is 9.32 Å². The molecule has 2 N–H and O–H groups in total. The fourth-order valence-corrected chi connectivity index (χ4v) is 4.84. The first-order valence-electron chi connectivity index (χ1n) is 10.5. The molecule has 7 heteroatoms. The highest BCUT2D eigenvalue weighted by Crippen LogP contribution is 2.40. The molecule has 1 aliphatic carbocycles. The lowest BCUT2D eigenvalue weighted by Gasteiger charge is -2.33. The Hall–Kier alpha value is -3.09. The van der Waals surface area contributed by atoms with E-state index >= 15 is 0 Å². The summed E-state index contributed by atoms with van der Waals surface area (Å²) in [5.74, 6) is 0.513. The minimum Gasteiger partial charge on any atom is -0.466 e. The summed E-state index contributed by atoms with van der Waals surface area (Å²) in [4.78, 5) is 40.5. The Morgan fingerprint density at radius 1 is 1.03 bits per heavy atom. The van der Waals surface area contributed by atoms with Crippen LogP contribution in [0.4, 0.5) is 0 Å². The molecule has 7 nitrogen and oxygen atoms in total. The Kier molecular flexibility index (Phi) is 5.61. The zero-order valence-corrected chi connectivity index (χ0v) is 17.3. The van der Waals surface area contributed by atoms with Crippen LogP contribution in [0.1, 0.15) is 64.3 Å². The molecule has 4 rings (SSSR count). The number of benzene rings is 1. The maximum atomic E-state index is 13.3. The molecule has 0 bridgehead atoms. The number of likely N-dealkylation sites (tertiary alicyclic amines) is 1. The van der Waals surface area contributed by atoms with E-state index < -0.39 is 11.9 Å². The third kappa shape index (κ3) is 3.84. The van der Waals surface area contributed by atoms with Gasteiger partial charge in [0.05, 0.1) is 5.56 Å². The van der Waals surface area contributed by atoms with Gasteiger partial charge in [-0.25, -0.2) is 0 Å². The van der Waals surface area contributed by atoms with E-state index in [1.54, 1.807) is 36.9 Å². The van der Waals surface area contributed by atoms with E-state index in [4.69, 9.17) is 4.42 Å². The number of hydrazine groups is 1. The summed E-state index contributed by atoms with van der Waals surface area (Å²) >= 11 is 0. The zero-order chi connectivity index (χ0) is 21.3. The minimum absolute atomic E-state index is 0.0664. The van der Waals surface area contributed by atoms with Gasteiger partial charge in [-0.1, -0.05) is 31.0 Å². The second-order valence-corrected chi connectivity index (χ2v) is 8.21. The van der Waals surface area contributed by atoms with Crippen LogP contribution < -0.4 is 10.9 Å². The fraction of sp³-hybridized carbons (Fsp3) is 0.435. The van der Waals surface area contributed by atoms with Crippen LogP contribution in [-0.2, 0) is 4.79 Å². The SMILES string of the molecule is Cc1cc(C(=O)NNC(=O)C2CC3CCCCC3N2C(=O)c2ccccc2)c(C)o1. The van der Waals surface area contributed by atoms with Crippen molar-refractivity contribution in [3.63, 3.8) is 0 Å². The summed E-state index contributed by atoms with van der Waals surface area (Å²) in [7, 11) is 0. The van der Waals surface area contributed by atoms with Crippen LogP contribution in [-0.4, -0.2) is 34.7 Å². The Labute approximate surface area is 175 Å². The molecular weight excluding hydrogens is 382 g/mol. The van der Waals surface area contributed by atoms with Gasteiger partial charge in [-0.15, -0.1) is 0 Å². The summed E-state index contributed by atoms with van der Waals surface area (Å²) < 4.78 is 5.38. The van der Waals surface area contributed by atoms with Crippen molar-refractivity contribution >= 4 is 17.7 Å². The number of aryl methyl sites for hydroxylation is 2. The molecule has 30 heavy (non-hydrogen) atoms. The number of furan rings is 1. The Bertz CT molecular complexity index is 953. The van der Waals surface area contributed by atoms with Crippen molar-refractivity contribution in [2.45, 2.75) is 58.0 Å². The molecular formula is C23H27N3O4. The van der Waals surface area contributed by atoms with E-state index in [1.807, 2.05) is 18.2 Å². The molecule has 2 aliphatic rings. The first-order valence-corrected chi connectivity index (χ1v) is 10.5. The fourth-order valence-electron chi connectivity index (χ4n) is 4.84. The molecule has 1 aliphatic heterocycles. The number of hydrogen-bond acceptors (Lipinski definition) is 4. The van der Waals surface area contributed by atoms with Crippen molar-refractivity contribution in [3.8, 4) is 0 Å². The molecule has 2 fully saturated rings. The first-order chi connectivity index (χ1) is 14.5. The first kappa shape index (κ1) is 20.2. The Morgan fingerprint density at radius 3 is 2.47 bits per heavy atom. The molecule has 1 aromatic heterocycles. The summed E-state index contributed by atoms with van der Waals surface area (Å²) in [6, 6.07) is 10.2. The predicted molar refractivity (Wildman–Crippen MR) is 111 cm³/mol. The van der Waals surface area contributed by atoms with Crippen molar-refractivity contribution < 1.29 is 18.8 Å². The van der Waals surface area contributed by atoms with E-state index in [2.05, 4.69) is 10.9 Å². The van der Waals surface area contributed by atoms with Gasteiger partial charge in [-0.2, -0.15) is 0 Å². The topological polar surface area (TPSA) is 91.7 Å². The van der Waals surface area contributed by atoms with E-state index in [1.165, 1.54) is 0 Å². The molecule has 1 saturated heterocycles. The van der Waals surface area contributed by atoms with Gasteiger partial charge in [-0.3, -0.25) is 25.2 Å². The van der Waals surface area contributed by atoms with Gasteiger partial charge in [0.15, 0.2) is 0 Å². The van der Waals surface area contributed by atoms with Gasteiger partial charge in [0.1, 0.15) is 17.6 Å². The van der Waals surface area contributed by atoms with Gasteiger partial charge in [0.2, 0.25) is 0 Å². The van der Waals surface area contributed by atoms with Crippen molar-refractivity contribution in [2.75, 3.05) is 0 Å². The molecule has 0 spiro atoms. The lowest BCUT2D eigenvalue weighted by molar-refractivity contribution is -0.126. The maximum absolute atomic E-state index is 13.3. The number of carbonyl (C=O) groups is 3.